The summed E-state index contributed by atoms with van der Waals surface area (Å²) in [6.45, 7) is 5.97. The van der Waals surface area contributed by atoms with E-state index in [1.807, 2.05) is 0 Å². The molecule has 7 amide bonds. The zero-order chi connectivity index (χ0) is 67.8. The molecule has 0 aliphatic carbocycles. The SMILES string of the molecule is CC[C@H](C)[C@@H]1NC(=O)CNC(=O)[C@@H]2Cc3c([nH]c4cc(OS(=O)(=O)Oc5cc(C(=O)CC(C)C)ccc5O[C@@H]5O[C@H](CO)[C@H](O)[C@H](O)[C@H]5O)ccc34)S(=O)C[C@H](NC(=O)CCC1=O)C(=O)N[C@@H](CC(C)=O)C(=O)N1C[C@H](O)C[C@H]1C(=O)N[C@@H]([C@@H](C)[C@@H](O)CO)C(=O)N2. The van der Waals surface area contributed by atoms with Crippen LogP contribution in [0.2, 0.25) is 0 Å². The van der Waals surface area contributed by atoms with Crippen molar-refractivity contribution in [3.05, 3.63) is 47.5 Å². The molecule has 2 fully saturated rings. The highest BCUT2D eigenvalue weighted by atomic mass is 32.3. The summed E-state index contributed by atoms with van der Waals surface area (Å²) in [6, 6.07) is -3.83. The maximum absolute atomic E-state index is 15.2. The Morgan fingerprint density at radius 1 is 0.793 bits per heavy atom. The first-order valence-corrected chi connectivity index (χ1v) is 32.4. The molecular weight excluding hydrogens is 1260 g/mol. The Hall–Kier alpha value is -7.54. The molecule has 34 heteroatoms. The van der Waals surface area contributed by atoms with Crippen LogP contribution in [0.1, 0.15) is 96.0 Å². The van der Waals surface area contributed by atoms with Crippen LogP contribution in [0.4, 0.5) is 0 Å². The van der Waals surface area contributed by atoms with E-state index in [1.165, 1.54) is 19.1 Å². The first-order valence-electron chi connectivity index (χ1n) is 29.7. The molecule has 0 saturated carbocycles. The highest BCUT2D eigenvalue weighted by Crippen LogP contribution is 2.36. The van der Waals surface area contributed by atoms with Gasteiger partial charge in [-0.15, -0.1) is 8.42 Å². The second kappa shape index (κ2) is 30.9. The van der Waals surface area contributed by atoms with Crippen molar-refractivity contribution in [1.82, 2.24) is 41.8 Å². The van der Waals surface area contributed by atoms with Crippen molar-refractivity contribution in [2.24, 2.45) is 17.8 Å². The normalized spacial score (nSPS) is 28.7. The Kier molecular flexibility index (Phi) is 24.2. The summed E-state index contributed by atoms with van der Waals surface area (Å²) in [5.74, 6) is -14.3. The van der Waals surface area contributed by atoms with Gasteiger partial charge >= 0.3 is 10.4 Å². The number of Topliss-reactive ketones (excluding diaryl/α,β-unsaturated/α-hetero) is 3. The van der Waals surface area contributed by atoms with Crippen LogP contribution in [-0.4, -0.2) is 228 Å². The third kappa shape index (κ3) is 17.6. The number of hydrogen-bond donors (Lipinski definition) is 14. The van der Waals surface area contributed by atoms with Crippen LogP contribution in [0.3, 0.4) is 0 Å². The number of ether oxygens (including phenoxy) is 2. The molecule has 0 radical (unpaired) electrons. The minimum absolute atomic E-state index is 0.0000622. The Morgan fingerprint density at radius 3 is 2.17 bits per heavy atom. The topological polar surface area (TPSA) is 492 Å². The minimum Gasteiger partial charge on any atom is -0.458 e. The predicted molar refractivity (Wildman–Crippen MR) is 318 cm³/mol. The number of ketones is 3. The van der Waals surface area contributed by atoms with E-state index in [1.54, 1.807) is 27.7 Å². The second-order valence-corrected chi connectivity index (χ2v) is 26.3. The summed E-state index contributed by atoms with van der Waals surface area (Å²) in [5, 5.41) is 87.7. The molecule has 1 aromatic heterocycles. The van der Waals surface area contributed by atoms with Crippen LogP contribution in [0, 0.1) is 17.8 Å². The number of aromatic nitrogens is 1. The molecule has 92 heavy (non-hydrogen) atoms. The van der Waals surface area contributed by atoms with Crippen molar-refractivity contribution >= 4 is 90.8 Å². The zero-order valence-corrected chi connectivity index (χ0v) is 52.7. The van der Waals surface area contributed by atoms with Gasteiger partial charge in [0.1, 0.15) is 71.2 Å². The first kappa shape index (κ1) is 71.9. The fourth-order valence-electron chi connectivity index (χ4n) is 10.9. The molecule has 4 aliphatic rings. The van der Waals surface area contributed by atoms with E-state index in [4.69, 9.17) is 17.8 Å². The van der Waals surface area contributed by atoms with Gasteiger partial charge in [0.2, 0.25) is 47.6 Å². The predicted octanol–water partition coefficient (Wildman–Crippen LogP) is -4.18. The monoisotopic (exact) mass is 1330 g/mol. The standard InChI is InChI=1S/C58H78N8O24S2/c1-7-26(4)47-39(71)11-13-45(74)60-37-24-91(84)56-33(32-10-9-31(18-34(32)63-56)89-92(85,86)90-43-16-29(40(72)14-25(2)3)8-12-42(43)87-58-51(78)50(77)49(76)44(23-68)88-58)19-35(52(79)59-20-46(75)64-47)61-55(82)48(28(6)41(73)22-67)65-54(81)38-17-30(70)21-66(38)57(83)36(15-27(5)69)62-53(37)80/h8-10,12,16,18,25-26,28,30,35-38,41,44,47-51,58,63,67-68,70,73,76-78H,7,11,13-15,17,19-24H2,1-6H3,(H,59,79)(H,60,74)(H,61,82)(H,62,80)(H,64,75)(H,65,81)/t26-,28-,30+,35-,36-,37-,38-,41-,44+,47-,48-,49-,50-,51+,58+,91?/m0/s1. The molecule has 14 N–H and O–H groups in total. The van der Waals surface area contributed by atoms with E-state index >= 15 is 4.21 Å². The number of rotatable bonds is 17. The van der Waals surface area contributed by atoms with Gasteiger partial charge in [-0.1, -0.05) is 41.0 Å². The summed E-state index contributed by atoms with van der Waals surface area (Å²) in [6.07, 6.45) is -15.0. The number of hydrogen-bond acceptors (Lipinski definition) is 24. The van der Waals surface area contributed by atoms with Crippen molar-refractivity contribution < 1.29 is 114 Å². The summed E-state index contributed by atoms with van der Waals surface area (Å²) in [7, 11) is -8.01. The number of carbonyl (C=O) groups is 10. The van der Waals surface area contributed by atoms with Crippen molar-refractivity contribution in [2.75, 3.05) is 32.1 Å². The molecule has 32 nitrogen and oxygen atoms in total. The van der Waals surface area contributed by atoms with Crippen molar-refractivity contribution in [1.29, 1.82) is 0 Å². The summed E-state index contributed by atoms with van der Waals surface area (Å²) >= 11 is 0. The van der Waals surface area contributed by atoms with E-state index in [0.717, 1.165) is 36.1 Å². The highest BCUT2D eigenvalue weighted by Gasteiger charge is 2.47. The maximum atomic E-state index is 15.2. The lowest BCUT2D eigenvalue weighted by molar-refractivity contribution is -0.277. The minimum atomic E-state index is -5.38. The molecule has 2 bridgehead atoms. The molecule has 4 aliphatic heterocycles. The van der Waals surface area contributed by atoms with Gasteiger partial charge in [0.25, 0.3) is 0 Å². The number of amides is 7. The van der Waals surface area contributed by atoms with Crippen molar-refractivity contribution in [3.63, 3.8) is 0 Å². The lowest BCUT2D eigenvalue weighted by Gasteiger charge is -2.39. The van der Waals surface area contributed by atoms with Crippen molar-refractivity contribution in [2.45, 2.75) is 171 Å². The van der Waals surface area contributed by atoms with Gasteiger partial charge in [0.05, 0.1) is 60.1 Å². The number of benzene rings is 2. The maximum Gasteiger partial charge on any atom is 0.501 e. The molecule has 3 aromatic rings. The fourth-order valence-corrected chi connectivity index (χ4v) is 13.0. The van der Waals surface area contributed by atoms with Gasteiger partial charge in [-0.05, 0) is 54.7 Å². The van der Waals surface area contributed by atoms with Gasteiger partial charge in [0.15, 0.2) is 23.1 Å². The van der Waals surface area contributed by atoms with E-state index < -0.39 is 252 Å². The quantitative estimate of drug-likeness (QED) is 0.0570. The number of nitrogens with zero attached hydrogens (tertiary/aromatic N) is 1. The van der Waals surface area contributed by atoms with Gasteiger partial charge in [-0.3, -0.25) is 52.2 Å². The number of nitrogens with one attached hydrogen (secondary N) is 7. The smallest absolute Gasteiger partial charge is 0.458 e. The van der Waals surface area contributed by atoms with E-state index in [9.17, 15) is 92.1 Å². The molecule has 7 rings (SSSR count). The first-order chi connectivity index (χ1) is 43.3. The zero-order valence-electron chi connectivity index (χ0n) is 51.0. The Morgan fingerprint density at radius 2 is 1.51 bits per heavy atom. The molecule has 5 heterocycles. The lowest BCUT2D eigenvalue weighted by atomic mass is 9.93. The van der Waals surface area contributed by atoms with Crippen LogP contribution in [0.15, 0.2) is 41.4 Å². The molecule has 506 valence electrons. The summed E-state index contributed by atoms with van der Waals surface area (Å²) in [4.78, 5) is 145. The second-order valence-electron chi connectivity index (χ2n) is 23.7. The molecular formula is C58H78N8O24S2. The van der Waals surface area contributed by atoms with Crippen molar-refractivity contribution in [3.8, 4) is 17.2 Å². The van der Waals surface area contributed by atoms with Crippen LogP contribution >= 0.6 is 0 Å². The largest absolute Gasteiger partial charge is 0.501 e. The number of aliphatic hydroxyl groups is 7. The average molecular weight is 1340 g/mol. The van der Waals surface area contributed by atoms with E-state index in [0.29, 0.717) is 6.42 Å². The van der Waals surface area contributed by atoms with E-state index in [2.05, 4.69) is 36.9 Å². The lowest BCUT2D eigenvalue weighted by Crippen LogP contribution is -2.61. The molecule has 2 saturated heterocycles. The highest BCUT2D eigenvalue weighted by molar-refractivity contribution is 7.85. The number of aliphatic hydroxyl groups excluding tert-OH is 7. The van der Waals surface area contributed by atoms with E-state index in [-0.39, 0.29) is 39.4 Å². The van der Waals surface area contributed by atoms with Gasteiger partial charge in [0, 0.05) is 68.0 Å². The Balaban J connectivity index is 1.37. The van der Waals surface area contributed by atoms with Gasteiger partial charge in [-0.25, -0.2) is 0 Å². The third-order valence-corrected chi connectivity index (χ3v) is 18.4. The van der Waals surface area contributed by atoms with Crippen LogP contribution in [0.25, 0.3) is 10.9 Å². The molecule has 1 unspecified atom stereocenters. The van der Waals surface area contributed by atoms with Gasteiger partial charge in [-0.2, -0.15) is 0 Å². The molecule has 16 atom stereocenters. The Bertz CT molecular complexity index is 3440. The third-order valence-electron chi connectivity index (χ3n) is 16.2. The average Bonchev–Trinajstić information content (AvgIpc) is 1.56. The molecule has 0 spiro atoms. The number of fused-ring (bicyclic) bond motifs is 5. The number of carbonyl (C=O) groups excluding carboxylic acids is 10. The summed E-state index contributed by atoms with van der Waals surface area (Å²) in [5.41, 5.74) is -0.362. The van der Waals surface area contributed by atoms with Crippen LogP contribution in [0.5, 0.6) is 17.2 Å². The Labute approximate surface area is 530 Å². The van der Waals surface area contributed by atoms with Gasteiger partial charge < -0.3 is 95.4 Å². The number of aromatic amines is 1. The van der Waals surface area contributed by atoms with Crippen LogP contribution in [-0.2, 0) is 75.5 Å². The molecule has 2 aromatic carbocycles. The summed E-state index contributed by atoms with van der Waals surface area (Å²) < 4.78 is 65.3. The fraction of sp³-hybridized carbons (Fsp3) is 0.586. The van der Waals surface area contributed by atoms with Crippen LogP contribution < -0.4 is 45.0 Å². The number of H-pyrrole nitrogens is 1.